The largest absolute Gasteiger partial charge is 0.285 e. The van der Waals surface area contributed by atoms with Gasteiger partial charge in [0.25, 0.3) is 0 Å². The first-order chi connectivity index (χ1) is 3.68. The van der Waals surface area contributed by atoms with E-state index >= 15 is 0 Å². The molecule has 0 aromatic rings. The molecule has 2 heteroatoms. The summed E-state index contributed by atoms with van der Waals surface area (Å²) in [4.78, 5) is 10.5. The lowest BCUT2D eigenvalue weighted by Gasteiger charge is -1.97. The summed E-state index contributed by atoms with van der Waals surface area (Å²) < 4.78 is 0. The molecule has 0 heterocycles. The molecule has 2 nitrogen and oxygen atoms in total. The van der Waals surface area contributed by atoms with Crippen LogP contribution in [-0.4, -0.2) is 5.91 Å². The van der Waals surface area contributed by atoms with Crippen molar-refractivity contribution in [2.24, 2.45) is 5.92 Å². The van der Waals surface area contributed by atoms with Gasteiger partial charge in [-0.25, -0.2) is 0 Å². The lowest BCUT2D eigenvalue weighted by Crippen LogP contribution is -2.22. The Morgan fingerprint density at radius 3 is 2.38 bits per heavy atom. The van der Waals surface area contributed by atoms with Gasteiger partial charge in [0.1, 0.15) is 0 Å². The van der Waals surface area contributed by atoms with Gasteiger partial charge in [0.15, 0.2) is 0 Å². The zero-order valence-corrected chi connectivity index (χ0v) is 5.06. The van der Waals surface area contributed by atoms with Gasteiger partial charge in [0.05, 0.1) is 0 Å². The third kappa shape index (κ3) is 2.25. The molecular formula is C6H9NO. The summed E-state index contributed by atoms with van der Waals surface area (Å²) in [6.07, 6.45) is 4.79. The summed E-state index contributed by atoms with van der Waals surface area (Å²) in [6.45, 7) is 3.57. The van der Waals surface area contributed by atoms with Crippen LogP contribution in [0.5, 0.6) is 0 Å². The highest BCUT2D eigenvalue weighted by Gasteiger charge is 2.01. The molecule has 0 saturated carbocycles. The van der Waals surface area contributed by atoms with E-state index in [0.717, 1.165) is 0 Å². The zero-order valence-electron chi connectivity index (χ0n) is 5.06. The molecule has 8 heavy (non-hydrogen) atoms. The van der Waals surface area contributed by atoms with Gasteiger partial charge in [-0.15, -0.1) is 0 Å². The van der Waals surface area contributed by atoms with E-state index in [2.05, 4.69) is 5.32 Å². The Balaban J connectivity index is 3.53. The lowest BCUT2D eigenvalue weighted by molar-refractivity contribution is -0.122. The fraction of sp³-hybridized carbons (Fsp3) is 0.500. The lowest BCUT2D eigenvalue weighted by atomic mass is 10.2. The maximum atomic E-state index is 10.5. The fourth-order valence-corrected chi connectivity index (χ4v) is 0.215. The summed E-state index contributed by atoms with van der Waals surface area (Å²) in [5, 5.41) is 2.23. The summed E-state index contributed by atoms with van der Waals surface area (Å²) in [6, 6.07) is 2.05. The Bertz CT molecular complexity index is 121. The van der Waals surface area contributed by atoms with Crippen LogP contribution in [0.3, 0.4) is 0 Å². The van der Waals surface area contributed by atoms with Crippen LogP contribution in [0.25, 0.3) is 0 Å². The average Bonchev–Trinajstić information content (AvgIpc) is 1.67. The van der Waals surface area contributed by atoms with Crippen molar-refractivity contribution >= 4 is 5.91 Å². The average molecular weight is 111 g/mol. The first kappa shape index (κ1) is 7.03. The van der Waals surface area contributed by atoms with Gasteiger partial charge < -0.3 is 0 Å². The first-order valence-electron chi connectivity index (χ1n) is 2.44. The predicted molar refractivity (Wildman–Crippen MR) is 31.8 cm³/mol. The van der Waals surface area contributed by atoms with Crippen molar-refractivity contribution in [2.45, 2.75) is 13.8 Å². The Hall–Kier alpha value is -0.970. The van der Waals surface area contributed by atoms with Crippen LogP contribution in [0.4, 0.5) is 0 Å². The summed E-state index contributed by atoms with van der Waals surface area (Å²) >= 11 is 0. The Kier molecular flexibility index (Phi) is 2.71. The highest BCUT2D eigenvalue weighted by Crippen LogP contribution is 1.87. The van der Waals surface area contributed by atoms with Gasteiger partial charge in [0, 0.05) is 12.0 Å². The molecule has 1 amide bonds. The monoisotopic (exact) mass is 111 g/mol. The van der Waals surface area contributed by atoms with Gasteiger partial charge in [-0.2, -0.15) is 0 Å². The van der Waals surface area contributed by atoms with Crippen molar-refractivity contribution in [3.63, 3.8) is 0 Å². The Morgan fingerprint density at radius 1 is 1.75 bits per heavy atom. The molecule has 44 valence electrons. The smallest absolute Gasteiger partial charge is 0.233 e. The summed E-state index contributed by atoms with van der Waals surface area (Å²) in [5.41, 5.74) is 0. The Labute approximate surface area is 49.3 Å². The number of carbonyl (C=O) groups excluding carboxylic acids is 1. The van der Waals surface area contributed by atoms with Crippen LogP contribution >= 0.6 is 0 Å². The molecule has 0 spiro atoms. The minimum absolute atomic E-state index is 0.0222. The minimum Gasteiger partial charge on any atom is -0.285 e. The summed E-state index contributed by atoms with van der Waals surface area (Å²) in [5.74, 6) is -0.126. The van der Waals surface area contributed by atoms with Gasteiger partial charge >= 0.3 is 0 Å². The molecule has 0 unspecified atom stereocenters. The zero-order chi connectivity index (χ0) is 6.57. The fourth-order valence-electron chi connectivity index (χ4n) is 0.215. The third-order valence-electron chi connectivity index (χ3n) is 0.720. The number of carbonyl (C=O) groups is 1. The van der Waals surface area contributed by atoms with Gasteiger partial charge in [0.2, 0.25) is 5.91 Å². The number of hydrogen-bond donors (Lipinski definition) is 1. The first-order valence-corrected chi connectivity index (χ1v) is 2.44. The molecule has 0 aliphatic carbocycles. The molecule has 0 aromatic carbocycles. The van der Waals surface area contributed by atoms with E-state index in [1.165, 1.54) is 0 Å². The van der Waals surface area contributed by atoms with Crippen molar-refractivity contribution in [2.75, 3.05) is 0 Å². The van der Waals surface area contributed by atoms with E-state index < -0.39 is 0 Å². The predicted octanol–water partition coefficient (Wildman–Crippen LogP) is 0.349. The molecule has 0 radical (unpaired) electrons. The van der Waals surface area contributed by atoms with Gasteiger partial charge in [-0.05, 0) is 0 Å². The van der Waals surface area contributed by atoms with E-state index in [1.54, 1.807) is 13.8 Å². The van der Waals surface area contributed by atoms with E-state index in [-0.39, 0.29) is 11.8 Å². The van der Waals surface area contributed by atoms with Crippen molar-refractivity contribution < 1.29 is 4.79 Å². The van der Waals surface area contributed by atoms with Gasteiger partial charge in [-0.1, -0.05) is 20.3 Å². The highest BCUT2D eigenvalue weighted by molar-refractivity contribution is 5.79. The molecular weight excluding hydrogens is 102 g/mol. The van der Waals surface area contributed by atoms with Crippen LogP contribution in [0.1, 0.15) is 13.8 Å². The molecule has 0 fully saturated rings. The molecule has 0 rings (SSSR count). The molecule has 1 N–H and O–H groups in total. The second-order valence-electron chi connectivity index (χ2n) is 1.79. The number of amides is 1. The maximum Gasteiger partial charge on any atom is 0.233 e. The standard InChI is InChI=1S/C6H9NO/c1-4-7-6(8)5(2)3/h1,5H,2-3H3,(H,7,8). The topological polar surface area (TPSA) is 29.1 Å². The molecule has 0 aromatic heterocycles. The van der Waals surface area contributed by atoms with Crippen molar-refractivity contribution in [1.29, 1.82) is 0 Å². The van der Waals surface area contributed by atoms with E-state index in [0.29, 0.717) is 0 Å². The minimum atomic E-state index is -0.104. The molecule has 0 aliphatic heterocycles. The normalized spacial score (nSPS) is 8.25. The highest BCUT2D eigenvalue weighted by atomic mass is 16.1. The maximum absolute atomic E-state index is 10.5. The third-order valence-corrected chi connectivity index (χ3v) is 0.720. The van der Waals surface area contributed by atoms with Gasteiger partial charge in [-0.3, -0.25) is 10.1 Å². The summed E-state index contributed by atoms with van der Waals surface area (Å²) in [7, 11) is 0. The van der Waals surface area contributed by atoms with Crippen molar-refractivity contribution in [1.82, 2.24) is 5.32 Å². The molecule has 0 bridgehead atoms. The van der Waals surface area contributed by atoms with E-state index in [4.69, 9.17) is 6.42 Å². The second-order valence-corrected chi connectivity index (χ2v) is 1.79. The second kappa shape index (κ2) is 3.09. The number of hydrogen-bond acceptors (Lipinski definition) is 1. The van der Waals surface area contributed by atoms with Crippen LogP contribution < -0.4 is 5.32 Å². The molecule has 0 saturated heterocycles. The van der Waals surface area contributed by atoms with Crippen LogP contribution in [-0.2, 0) is 4.79 Å². The molecule has 0 atom stereocenters. The quantitative estimate of drug-likeness (QED) is 0.384. The van der Waals surface area contributed by atoms with Crippen LogP contribution in [0.15, 0.2) is 0 Å². The number of nitrogens with one attached hydrogen (secondary N) is 1. The van der Waals surface area contributed by atoms with Crippen LogP contribution in [0, 0.1) is 18.4 Å². The number of terminal acetylenes is 1. The van der Waals surface area contributed by atoms with Crippen LogP contribution in [0.2, 0.25) is 0 Å². The Morgan fingerprint density at radius 2 is 2.25 bits per heavy atom. The van der Waals surface area contributed by atoms with Crippen molar-refractivity contribution in [3.8, 4) is 12.5 Å². The molecule has 0 aliphatic rings. The SMILES string of the molecule is C#CNC(=O)C(C)C. The number of rotatable bonds is 1. The van der Waals surface area contributed by atoms with E-state index in [9.17, 15) is 4.79 Å². The van der Waals surface area contributed by atoms with E-state index in [1.807, 2.05) is 6.04 Å². The van der Waals surface area contributed by atoms with Crippen molar-refractivity contribution in [3.05, 3.63) is 0 Å².